The second-order valence-electron chi connectivity index (χ2n) is 8.45. The lowest BCUT2D eigenvalue weighted by atomic mass is 9.79. The summed E-state index contributed by atoms with van der Waals surface area (Å²) in [5.41, 5.74) is 5.79. The molecule has 1 saturated carbocycles. The van der Waals surface area contributed by atoms with E-state index in [9.17, 15) is 15.0 Å². The van der Waals surface area contributed by atoms with Crippen LogP contribution in [0, 0.1) is 17.8 Å². The van der Waals surface area contributed by atoms with Crippen molar-refractivity contribution in [1.82, 2.24) is 24.8 Å². The van der Waals surface area contributed by atoms with Crippen molar-refractivity contribution in [2.45, 2.75) is 70.0 Å². The van der Waals surface area contributed by atoms with Gasteiger partial charge in [-0.15, -0.1) is 0 Å². The molecule has 1 unspecified atom stereocenters. The number of nitrogens with one attached hydrogen (secondary N) is 1. The van der Waals surface area contributed by atoms with Crippen molar-refractivity contribution in [2.24, 2.45) is 5.92 Å². The molecular weight excluding hydrogens is 400 g/mol. The van der Waals surface area contributed by atoms with Gasteiger partial charge >= 0.3 is 0 Å². The summed E-state index contributed by atoms with van der Waals surface area (Å²) in [5, 5.41) is 23.7. The van der Waals surface area contributed by atoms with E-state index in [1.165, 1.54) is 6.33 Å². The lowest BCUT2D eigenvalue weighted by Crippen LogP contribution is -2.40. The largest absolute Gasteiger partial charge is 0.390 e. The van der Waals surface area contributed by atoms with Crippen LogP contribution < -0.4 is 11.1 Å². The molecule has 0 spiro atoms. The van der Waals surface area contributed by atoms with Crippen molar-refractivity contribution in [3.63, 3.8) is 0 Å². The number of hydrogen-bond donors (Lipinski definition) is 4. The zero-order chi connectivity index (χ0) is 22.2. The molecule has 1 aliphatic heterocycles. The summed E-state index contributed by atoms with van der Waals surface area (Å²) < 4.78 is 7.41. The Kier molecular flexibility index (Phi) is 5.83. The van der Waals surface area contributed by atoms with Gasteiger partial charge in [0.1, 0.15) is 17.3 Å². The summed E-state index contributed by atoms with van der Waals surface area (Å²) in [6.07, 6.45) is 2.40. The Bertz CT molecular complexity index is 1040. The first-order valence-corrected chi connectivity index (χ1v) is 10.7. The van der Waals surface area contributed by atoms with Crippen molar-refractivity contribution in [3.8, 4) is 11.8 Å². The minimum Gasteiger partial charge on any atom is -0.390 e. The van der Waals surface area contributed by atoms with Crippen molar-refractivity contribution in [2.75, 3.05) is 12.3 Å². The molecular formula is C21H28N6O4. The molecule has 0 aromatic carbocycles. The number of rotatable bonds is 3. The van der Waals surface area contributed by atoms with E-state index in [1.807, 2.05) is 0 Å². The van der Waals surface area contributed by atoms with Gasteiger partial charge < -0.3 is 26.0 Å². The number of aliphatic hydroxyl groups excluding tert-OH is 1. The maximum absolute atomic E-state index is 12.1. The van der Waals surface area contributed by atoms with Crippen LogP contribution in [0.3, 0.4) is 0 Å². The van der Waals surface area contributed by atoms with E-state index in [4.69, 9.17) is 10.5 Å². The Hall–Kier alpha value is -2.74. The van der Waals surface area contributed by atoms with Gasteiger partial charge in [-0.3, -0.25) is 9.36 Å². The van der Waals surface area contributed by atoms with Crippen LogP contribution in [-0.2, 0) is 9.53 Å². The maximum atomic E-state index is 12.1. The van der Waals surface area contributed by atoms with E-state index in [-0.39, 0.29) is 24.0 Å². The SMILES string of the molecule is CCNC(=O)[C@H]1O[C@@H](n2cnc3c(N)nc(C#C[C@@]4(O)CCC[C@@H](C)C4)nc32)CC1O. The van der Waals surface area contributed by atoms with E-state index >= 15 is 0 Å². The van der Waals surface area contributed by atoms with Crippen LogP contribution in [0.4, 0.5) is 5.82 Å². The van der Waals surface area contributed by atoms with Crippen molar-refractivity contribution < 1.29 is 19.7 Å². The minimum atomic E-state index is -1.05. The summed E-state index contributed by atoms with van der Waals surface area (Å²) in [6, 6.07) is 0. The first kappa shape index (κ1) is 21.5. The van der Waals surface area contributed by atoms with Crippen LogP contribution in [0.1, 0.15) is 58.0 Å². The number of likely N-dealkylation sites (N-methyl/N-ethyl adjacent to an activating group) is 1. The van der Waals surface area contributed by atoms with Crippen LogP contribution in [-0.4, -0.2) is 60.0 Å². The molecule has 4 rings (SSSR count). The lowest BCUT2D eigenvalue weighted by molar-refractivity contribution is -0.137. The number of nitrogens with zero attached hydrogens (tertiary/aromatic N) is 4. The first-order valence-electron chi connectivity index (χ1n) is 10.7. The van der Waals surface area contributed by atoms with Gasteiger partial charge in [-0.1, -0.05) is 19.3 Å². The van der Waals surface area contributed by atoms with Gasteiger partial charge in [-0.05, 0) is 38.0 Å². The Morgan fingerprint density at radius 1 is 1.48 bits per heavy atom. The predicted octanol–water partition coefficient (Wildman–Crippen LogP) is 0.486. The molecule has 1 aliphatic carbocycles. The highest BCUT2D eigenvalue weighted by atomic mass is 16.5. The fourth-order valence-electron chi connectivity index (χ4n) is 4.35. The number of carbonyl (C=O) groups excluding carboxylic acids is 1. The molecule has 3 heterocycles. The van der Waals surface area contributed by atoms with Crippen molar-refractivity contribution >= 4 is 22.9 Å². The monoisotopic (exact) mass is 428 g/mol. The zero-order valence-electron chi connectivity index (χ0n) is 17.7. The predicted molar refractivity (Wildman–Crippen MR) is 112 cm³/mol. The molecule has 10 heteroatoms. The summed E-state index contributed by atoms with van der Waals surface area (Å²) in [5.74, 6) is 6.19. The molecule has 10 nitrogen and oxygen atoms in total. The van der Waals surface area contributed by atoms with E-state index < -0.39 is 24.0 Å². The maximum Gasteiger partial charge on any atom is 0.251 e. The van der Waals surface area contributed by atoms with Gasteiger partial charge in [0.15, 0.2) is 17.6 Å². The molecule has 1 saturated heterocycles. The Morgan fingerprint density at radius 3 is 3.03 bits per heavy atom. The summed E-state index contributed by atoms with van der Waals surface area (Å²) >= 11 is 0. The van der Waals surface area contributed by atoms with E-state index in [0.29, 0.717) is 36.5 Å². The second-order valence-corrected chi connectivity index (χ2v) is 8.45. The highest BCUT2D eigenvalue weighted by Gasteiger charge is 2.40. The molecule has 0 bridgehead atoms. The summed E-state index contributed by atoms with van der Waals surface area (Å²) in [7, 11) is 0. The molecule has 2 aromatic rings. The molecule has 2 fully saturated rings. The van der Waals surface area contributed by atoms with Crippen LogP contribution in [0.5, 0.6) is 0 Å². The molecule has 166 valence electrons. The molecule has 5 N–H and O–H groups in total. The summed E-state index contributed by atoms with van der Waals surface area (Å²) in [4.78, 5) is 25.1. The minimum absolute atomic E-state index is 0.163. The molecule has 2 aliphatic rings. The number of aromatic nitrogens is 4. The Morgan fingerprint density at radius 2 is 2.29 bits per heavy atom. The van der Waals surface area contributed by atoms with Gasteiger partial charge in [0.25, 0.3) is 5.91 Å². The average Bonchev–Trinajstić information content (AvgIpc) is 3.30. The van der Waals surface area contributed by atoms with Gasteiger partial charge in [0.05, 0.1) is 12.4 Å². The van der Waals surface area contributed by atoms with Gasteiger partial charge in [-0.25, -0.2) is 15.0 Å². The number of imidazole rings is 1. The highest BCUT2D eigenvalue weighted by Crippen LogP contribution is 2.33. The number of anilines is 1. The lowest BCUT2D eigenvalue weighted by Gasteiger charge is -2.30. The quantitative estimate of drug-likeness (QED) is 0.516. The fourth-order valence-corrected chi connectivity index (χ4v) is 4.35. The number of carbonyl (C=O) groups is 1. The summed E-state index contributed by atoms with van der Waals surface area (Å²) in [6.45, 7) is 4.35. The normalized spacial score (nSPS) is 30.7. The van der Waals surface area contributed by atoms with Crippen LogP contribution in [0.25, 0.3) is 11.2 Å². The number of nitrogens with two attached hydrogens (primary N) is 1. The number of nitrogen functional groups attached to an aromatic ring is 1. The number of hydrogen-bond acceptors (Lipinski definition) is 8. The first-order chi connectivity index (χ1) is 14.8. The third kappa shape index (κ3) is 4.35. The topological polar surface area (TPSA) is 148 Å². The Balaban J connectivity index is 1.62. The highest BCUT2D eigenvalue weighted by molar-refractivity contribution is 5.83. The third-order valence-electron chi connectivity index (χ3n) is 5.84. The van der Waals surface area contributed by atoms with Crippen molar-refractivity contribution in [1.29, 1.82) is 0 Å². The van der Waals surface area contributed by atoms with E-state index in [0.717, 1.165) is 12.8 Å². The number of fused-ring (bicyclic) bond motifs is 1. The zero-order valence-corrected chi connectivity index (χ0v) is 17.7. The number of ether oxygens (including phenoxy) is 1. The average molecular weight is 428 g/mol. The molecule has 1 amide bonds. The van der Waals surface area contributed by atoms with Gasteiger partial charge in [0, 0.05) is 13.0 Å². The van der Waals surface area contributed by atoms with Crippen LogP contribution >= 0.6 is 0 Å². The number of aliphatic hydroxyl groups is 2. The molecule has 31 heavy (non-hydrogen) atoms. The van der Waals surface area contributed by atoms with Crippen LogP contribution in [0.2, 0.25) is 0 Å². The molecule has 5 atom stereocenters. The Labute approximate surface area is 180 Å². The van der Waals surface area contributed by atoms with Crippen molar-refractivity contribution in [3.05, 3.63) is 12.2 Å². The third-order valence-corrected chi connectivity index (χ3v) is 5.84. The van der Waals surface area contributed by atoms with Gasteiger partial charge in [-0.2, -0.15) is 0 Å². The number of amides is 1. The smallest absolute Gasteiger partial charge is 0.251 e. The van der Waals surface area contributed by atoms with E-state index in [2.05, 4.69) is 39.0 Å². The van der Waals surface area contributed by atoms with Crippen LogP contribution in [0.15, 0.2) is 6.33 Å². The van der Waals surface area contributed by atoms with E-state index in [1.54, 1.807) is 11.5 Å². The molecule has 2 aromatic heterocycles. The fraction of sp³-hybridized carbons (Fsp3) is 0.619. The second kappa shape index (κ2) is 8.42. The molecule has 0 radical (unpaired) electrons. The van der Waals surface area contributed by atoms with Gasteiger partial charge in [0.2, 0.25) is 5.82 Å². The standard InChI is InChI=1S/C21H28N6O4/c1-3-23-20(29)17-13(28)9-15(31-17)27-11-24-16-18(22)25-14(26-19(16)27)6-8-21(30)7-4-5-12(2)10-21/h11-13,15,17,28,30H,3-5,7,9-10H2,1-2H3,(H,23,29)(H2,22,25,26)/t12-,13?,15-,17+,21+/m1/s1.